The normalized spacial score (nSPS) is 12.9. The summed E-state index contributed by atoms with van der Waals surface area (Å²) in [6, 6.07) is 25.7. The molecule has 0 amide bonds. The number of ketones is 1. The van der Waals surface area contributed by atoms with Crippen molar-refractivity contribution in [2.45, 2.75) is 26.2 Å². The third-order valence-electron chi connectivity index (χ3n) is 6.28. The van der Waals surface area contributed by atoms with Crippen molar-refractivity contribution < 1.29 is 28.5 Å². The highest BCUT2D eigenvalue weighted by atomic mass is 31.2. The van der Waals surface area contributed by atoms with Crippen LogP contribution in [0, 0.1) is 5.82 Å². The second-order valence-electron chi connectivity index (χ2n) is 9.80. The number of nitrogens with zero attached hydrogens (tertiary/aromatic N) is 1. The second kappa shape index (κ2) is 12.3. The van der Waals surface area contributed by atoms with Gasteiger partial charge >= 0.3 is 5.97 Å². The standard InChI is InChI=1S/C32H29FNO5P/c1-21(2)32-28(15-16-40(38,39)20-27(35)18-31(36)37)29(23-11-13-26(33)14-12-23)19-30(34-32)25-10-6-9-24(17-25)22-7-4-3-5-8-22/h3-17,19,21H,18,20H2,1-2H3,(H,36,37)(H,38,39). The number of carbonyl (C=O) groups is 2. The maximum Gasteiger partial charge on any atom is 0.310 e. The van der Waals surface area contributed by atoms with Crippen molar-refractivity contribution in [1.82, 2.24) is 4.98 Å². The summed E-state index contributed by atoms with van der Waals surface area (Å²) < 4.78 is 26.6. The molecule has 3 aromatic carbocycles. The van der Waals surface area contributed by atoms with Crippen LogP contribution in [-0.2, 0) is 14.2 Å². The predicted molar refractivity (Wildman–Crippen MR) is 156 cm³/mol. The van der Waals surface area contributed by atoms with E-state index in [1.165, 1.54) is 18.2 Å². The minimum absolute atomic E-state index is 0.0946. The second-order valence-corrected chi connectivity index (χ2v) is 11.9. The fourth-order valence-corrected chi connectivity index (χ4v) is 5.52. The molecule has 0 aliphatic carbocycles. The molecule has 0 bridgehead atoms. The van der Waals surface area contributed by atoms with E-state index in [-0.39, 0.29) is 5.92 Å². The smallest absolute Gasteiger partial charge is 0.310 e. The van der Waals surface area contributed by atoms with Gasteiger partial charge in [0.15, 0.2) is 5.78 Å². The van der Waals surface area contributed by atoms with Crippen LogP contribution in [0.3, 0.4) is 0 Å². The van der Waals surface area contributed by atoms with Crippen LogP contribution >= 0.6 is 7.37 Å². The average molecular weight is 558 g/mol. The lowest BCUT2D eigenvalue weighted by Gasteiger charge is -2.18. The average Bonchev–Trinajstić information content (AvgIpc) is 2.91. The summed E-state index contributed by atoms with van der Waals surface area (Å²) in [5.74, 6) is -1.63. The maximum absolute atomic E-state index is 13.8. The third kappa shape index (κ3) is 7.26. The molecule has 40 heavy (non-hydrogen) atoms. The minimum Gasteiger partial charge on any atom is -0.481 e. The molecule has 1 atom stereocenters. The van der Waals surface area contributed by atoms with Crippen LogP contribution in [0.5, 0.6) is 0 Å². The van der Waals surface area contributed by atoms with Gasteiger partial charge < -0.3 is 10.00 Å². The Bertz CT molecular complexity index is 1610. The van der Waals surface area contributed by atoms with E-state index in [1.54, 1.807) is 12.1 Å². The van der Waals surface area contributed by atoms with E-state index in [4.69, 9.17) is 10.1 Å². The fourth-order valence-electron chi connectivity index (χ4n) is 4.42. The first kappa shape index (κ1) is 28.8. The number of aromatic nitrogens is 1. The van der Waals surface area contributed by atoms with Crippen molar-refractivity contribution in [3.05, 3.63) is 108 Å². The van der Waals surface area contributed by atoms with E-state index in [2.05, 4.69) is 0 Å². The van der Waals surface area contributed by atoms with E-state index in [9.17, 15) is 23.4 Å². The Hall–Kier alpha value is -4.19. The van der Waals surface area contributed by atoms with Gasteiger partial charge in [0.1, 0.15) is 12.2 Å². The summed E-state index contributed by atoms with van der Waals surface area (Å²) in [4.78, 5) is 38.1. The predicted octanol–water partition coefficient (Wildman–Crippen LogP) is 7.63. The maximum atomic E-state index is 13.8. The molecule has 0 fully saturated rings. The van der Waals surface area contributed by atoms with Gasteiger partial charge in [-0.2, -0.15) is 0 Å². The van der Waals surface area contributed by atoms with Gasteiger partial charge in [0.2, 0.25) is 7.37 Å². The quantitative estimate of drug-likeness (QED) is 0.153. The molecule has 0 aliphatic heterocycles. The largest absolute Gasteiger partial charge is 0.481 e. The Labute approximate surface area is 232 Å². The first-order valence-corrected chi connectivity index (χ1v) is 14.6. The monoisotopic (exact) mass is 557 g/mol. The van der Waals surface area contributed by atoms with Gasteiger partial charge in [0.25, 0.3) is 0 Å². The van der Waals surface area contributed by atoms with E-state index in [0.717, 1.165) is 22.5 Å². The molecule has 6 nitrogen and oxygen atoms in total. The molecule has 4 aromatic rings. The molecule has 1 unspecified atom stereocenters. The highest BCUT2D eigenvalue weighted by molar-refractivity contribution is 7.62. The van der Waals surface area contributed by atoms with E-state index >= 15 is 0 Å². The molecule has 0 aliphatic rings. The summed E-state index contributed by atoms with van der Waals surface area (Å²) in [7, 11) is -4.13. The number of Topliss-reactive ketones (excluding diaryl/α,β-unsaturated/α-hetero) is 1. The Balaban J connectivity index is 1.85. The molecule has 0 spiro atoms. The van der Waals surface area contributed by atoms with Crippen molar-refractivity contribution in [1.29, 1.82) is 0 Å². The number of pyridine rings is 1. The van der Waals surface area contributed by atoms with E-state index < -0.39 is 37.5 Å². The molecule has 8 heteroatoms. The Morgan fingerprint density at radius 2 is 1.55 bits per heavy atom. The van der Waals surface area contributed by atoms with E-state index in [1.807, 2.05) is 74.5 Å². The van der Waals surface area contributed by atoms with Crippen LogP contribution in [0.25, 0.3) is 39.6 Å². The van der Waals surface area contributed by atoms with Gasteiger partial charge in [0, 0.05) is 16.9 Å². The molecule has 1 aromatic heterocycles. The first-order chi connectivity index (χ1) is 19.0. The van der Waals surface area contributed by atoms with Crippen LogP contribution in [-0.4, -0.2) is 32.9 Å². The fraction of sp³-hybridized carbons (Fsp3) is 0.156. The number of hydrogen-bond donors (Lipinski definition) is 2. The lowest BCUT2D eigenvalue weighted by atomic mass is 9.92. The number of carboxylic acids is 1. The van der Waals surface area contributed by atoms with Crippen molar-refractivity contribution in [2.24, 2.45) is 0 Å². The van der Waals surface area contributed by atoms with Gasteiger partial charge in [-0.3, -0.25) is 19.1 Å². The molecular formula is C32H29FNO5P. The number of halogens is 1. The number of rotatable bonds is 10. The Morgan fingerprint density at radius 3 is 2.20 bits per heavy atom. The lowest BCUT2D eigenvalue weighted by molar-refractivity contribution is -0.139. The summed E-state index contributed by atoms with van der Waals surface area (Å²) >= 11 is 0. The van der Waals surface area contributed by atoms with Crippen molar-refractivity contribution in [2.75, 3.05) is 6.16 Å². The summed E-state index contributed by atoms with van der Waals surface area (Å²) in [5, 5.41) is 8.82. The van der Waals surface area contributed by atoms with Crippen LogP contribution in [0.15, 0.2) is 90.7 Å². The van der Waals surface area contributed by atoms with Gasteiger partial charge in [-0.1, -0.05) is 74.5 Å². The molecule has 204 valence electrons. The van der Waals surface area contributed by atoms with Gasteiger partial charge in [0.05, 0.1) is 17.5 Å². The number of benzene rings is 3. The molecule has 1 heterocycles. The summed E-state index contributed by atoms with van der Waals surface area (Å²) in [5.41, 5.74) is 6.19. The number of carbonyl (C=O) groups excluding carboxylic acids is 1. The van der Waals surface area contributed by atoms with Crippen molar-refractivity contribution in [3.63, 3.8) is 0 Å². The molecule has 2 N–H and O–H groups in total. The molecular weight excluding hydrogens is 528 g/mol. The van der Waals surface area contributed by atoms with Gasteiger partial charge in [-0.15, -0.1) is 0 Å². The third-order valence-corrected chi connectivity index (χ3v) is 7.70. The van der Waals surface area contributed by atoms with Crippen LogP contribution in [0.1, 0.15) is 37.4 Å². The van der Waals surface area contributed by atoms with Crippen molar-refractivity contribution >= 4 is 25.2 Å². The summed E-state index contributed by atoms with van der Waals surface area (Å²) in [6.07, 6.45) is -0.148. The summed E-state index contributed by atoms with van der Waals surface area (Å²) in [6.45, 7) is 3.90. The molecule has 0 saturated heterocycles. The number of carboxylic acid groups (broad SMARTS) is 1. The number of hydrogen-bond acceptors (Lipinski definition) is 4. The minimum atomic E-state index is -4.13. The van der Waals surface area contributed by atoms with Crippen LogP contribution in [0.2, 0.25) is 0 Å². The van der Waals surface area contributed by atoms with Crippen molar-refractivity contribution in [3.8, 4) is 33.5 Å². The number of aliphatic carboxylic acids is 1. The van der Waals surface area contributed by atoms with E-state index in [0.29, 0.717) is 28.1 Å². The Kier molecular flexibility index (Phi) is 8.88. The Morgan fingerprint density at radius 1 is 0.900 bits per heavy atom. The zero-order valence-corrected chi connectivity index (χ0v) is 23.0. The molecule has 4 rings (SSSR count). The van der Waals surface area contributed by atoms with Crippen LogP contribution in [0.4, 0.5) is 4.39 Å². The SMILES string of the molecule is CC(C)c1nc(-c2cccc(-c3ccccc3)c2)cc(-c2ccc(F)cc2)c1C=CP(=O)(O)CC(=O)CC(=O)O. The molecule has 0 saturated carbocycles. The highest BCUT2D eigenvalue weighted by Crippen LogP contribution is 2.44. The van der Waals surface area contributed by atoms with Gasteiger partial charge in [-0.25, -0.2) is 4.39 Å². The zero-order chi connectivity index (χ0) is 28.9. The molecule has 0 radical (unpaired) electrons. The lowest BCUT2D eigenvalue weighted by Crippen LogP contribution is -2.10. The van der Waals surface area contributed by atoms with Crippen LogP contribution < -0.4 is 0 Å². The topological polar surface area (TPSA) is 105 Å². The zero-order valence-electron chi connectivity index (χ0n) is 22.1. The first-order valence-electron chi connectivity index (χ1n) is 12.7. The van der Waals surface area contributed by atoms with Gasteiger partial charge in [-0.05, 0) is 58.5 Å². The highest BCUT2D eigenvalue weighted by Gasteiger charge is 2.23.